The lowest BCUT2D eigenvalue weighted by atomic mass is 10.1. The van der Waals surface area contributed by atoms with Gasteiger partial charge in [0, 0.05) is 31.4 Å². The summed E-state index contributed by atoms with van der Waals surface area (Å²) in [5.41, 5.74) is 6.63. The molecule has 1 heterocycles. The van der Waals surface area contributed by atoms with E-state index in [1.807, 2.05) is 0 Å². The van der Waals surface area contributed by atoms with Crippen molar-refractivity contribution in [2.75, 3.05) is 11.9 Å². The molecule has 0 fully saturated rings. The second kappa shape index (κ2) is 10.3. The van der Waals surface area contributed by atoms with Crippen molar-refractivity contribution in [1.82, 2.24) is 15.5 Å². The van der Waals surface area contributed by atoms with Gasteiger partial charge in [-0.2, -0.15) is 4.98 Å². The van der Waals surface area contributed by atoms with Crippen molar-refractivity contribution >= 4 is 23.4 Å². The van der Waals surface area contributed by atoms with Gasteiger partial charge in [-0.05, 0) is 30.7 Å². The standard InChI is InChI=1S/C22H22FN5O4/c1-13-6-7-14(12-16(13)23)21-27-20(32-28-21)9-8-19(30)26-17-5-3-2-4-15(17)22(31)25-11-10-18(24)29/h2-7,12H,8-11H2,1H3,(H2,24,29)(H,25,31)(H,26,30). The Morgan fingerprint density at radius 3 is 2.66 bits per heavy atom. The molecule has 1 aromatic heterocycles. The molecule has 2 aromatic carbocycles. The summed E-state index contributed by atoms with van der Waals surface area (Å²) in [4.78, 5) is 39.7. The minimum absolute atomic E-state index is 0.0155. The molecule has 166 valence electrons. The fourth-order valence-electron chi connectivity index (χ4n) is 2.82. The molecule has 3 aromatic rings. The van der Waals surface area contributed by atoms with E-state index >= 15 is 0 Å². The Kier molecular flexibility index (Phi) is 7.27. The Labute approximate surface area is 183 Å². The summed E-state index contributed by atoms with van der Waals surface area (Å²) < 4.78 is 18.9. The topological polar surface area (TPSA) is 140 Å². The quantitative estimate of drug-likeness (QED) is 0.468. The zero-order valence-electron chi connectivity index (χ0n) is 17.4. The van der Waals surface area contributed by atoms with Crippen molar-refractivity contribution in [2.24, 2.45) is 5.73 Å². The molecule has 0 bridgehead atoms. The number of nitrogens with zero attached hydrogens (tertiary/aromatic N) is 2. The molecule has 0 saturated heterocycles. The van der Waals surface area contributed by atoms with Crippen molar-refractivity contribution in [3.63, 3.8) is 0 Å². The molecule has 3 amide bonds. The molecule has 0 radical (unpaired) electrons. The summed E-state index contributed by atoms with van der Waals surface area (Å²) in [6, 6.07) is 11.1. The molecule has 0 saturated carbocycles. The number of hydrogen-bond acceptors (Lipinski definition) is 6. The van der Waals surface area contributed by atoms with E-state index < -0.39 is 11.8 Å². The zero-order valence-corrected chi connectivity index (χ0v) is 17.4. The number of aryl methyl sites for hydroxylation is 2. The Morgan fingerprint density at radius 1 is 1.12 bits per heavy atom. The lowest BCUT2D eigenvalue weighted by Gasteiger charge is -2.11. The SMILES string of the molecule is Cc1ccc(-c2noc(CCC(=O)Nc3ccccc3C(=O)NCCC(N)=O)n2)cc1F. The fourth-order valence-corrected chi connectivity index (χ4v) is 2.82. The monoisotopic (exact) mass is 439 g/mol. The second-order valence-electron chi connectivity index (χ2n) is 7.04. The highest BCUT2D eigenvalue weighted by Crippen LogP contribution is 2.20. The molecule has 9 nitrogen and oxygen atoms in total. The van der Waals surface area contributed by atoms with Crippen LogP contribution in [0.5, 0.6) is 0 Å². The number of anilines is 1. The average Bonchev–Trinajstić information content (AvgIpc) is 3.23. The summed E-state index contributed by atoms with van der Waals surface area (Å²) in [7, 11) is 0. The van der Waals surface area contributed by atoms with Crippen molar-refractivity contribution in [2.45, 2.75) is 26.2 Å². The van der Waals surface area contributed by atoms with Gasteiger partial charge in [0.2, 0.25) is 23.5 Å². The summed E-state index contributed by atoms with van der Waals surface area (Å²) >= 11 is 0. The van der Waals surface area contributed by atoms with Gasteiger partial charge in [-0.15, -0.1) is 0 Å². The Bertz CT molecular complexity index is 1140. The van der Waals surface area contributed by atoms with E-state index in [0.29, 0.717) is 16.8 Å². The summed E-state index contributed by atoms with van der Waals surface area (Å²) in [5, 5.41) is 9.09. The highest BCUT2D eigenvalue weighted by Gasteiger charge is 2.15. The molecule has 0 aliphatic heterocycles. The predicted octanol–water partition coefficient (Wildman–Crippen LogP) is 2.36. The van der Waals surface area contributed by atoms with Crippen LogP contribution in [-0.4, -0.2) is 34.4 Å². The number of primary amides is 1. The van der Waals surface area contributed by atoms with Crippen molar-refractivity contribution in [3.8, 4) is 11.4 Å². The summed E-state index contributed by atoms with van der Waals surface area (Å²) in [6.07, 6.45) is 0.212. The van der Waals surface area contributed by atoms with Gasteiger partial charge < -0.3 is 20.9 Å². The van der Waals surface area contributed by atoms with Crippen LogP contribution in [0.15, 0.2) is 47.0 Å². The van der Waals surface area contributed by atoms with E-state index in [2.05, 4.69) is 20.8 Å². The van der Waals surface area contributed by atoms with Crippen LogP contribution in [-0.2, 0) is 16.0 Å². The summed E-state index contributed by atoms with van der Waals surface area (Å²) in [6.45, 7) is 1.75. The lowest BCUT2D eigenvalue weighted by molar-refractivity contribution is -0.118. The van der Waals surface area contributed by atoms with Gasteiger partial charge in [0.05, 0.1) is 11.3 Å². The maximum Gasteiger partial charge on any atom is 0.253 e. The van der Waals surface area contributed by atoms with Gasteiger partial charge in [-0.1, -0.05) is 29.4 Å². The number of hydrogen-bond donors (Lipinski definition) is 3. The number of aromatic nitrogens is 2. The highest BCUT2D eigenvalue weighted by atomic mass is 19.1. The molecule has 10 heteroatoms. The maximum atomic E-state index is 13.7. The van der Waals surface area contributed by atoms with Crippen LogP contribution in [0, 0.1) is 12.7 Å². The number of rotatable bonds is 9. The van der Waals surface area contributed by atoms with Crippen molar-refractivity contribution in [1.29, 1.82) is 0 Å². The highest BCUT2D eigenvalue weighted by molar-refractivity contribution is 6.03. The Morgan fingerprint density at radius 2 is 1.91 bits per heavy atom. The lowest BCUT2D eigenvalue weighted by Crippen LogP contribution is -2.28. The number of para-hydroxylation sites is 1. The summed E-state index contributed by atoms with van der Waals surface area (Å²) in [5.74, 6) is -1.22. The van der Waals surface area contributed by atoms with Crippen molar-refractivity contribution < 1.29 is 23.3 Å². The first-order valence-electron chi connectivity index (χ1n) is 9.88. The van der Waals surface area contributed by atoms with E-state index in [1.165, 1.54) is 6.07 Å². The molecule has 4 N–H and O–H groups in total. The number of amides is 3. The number of nitrogens with one attached hydrogen (secondary N) is 2. The molecule has 0 spiro atoms. The normalized spacial score (nSPS) is 10.6. The van der Waals surface area contributed by atoms with Crippen LogP contribution in [0.1, 0.15) is 34.7 Å². The van der Waals surface area contributed by atoms with Gasteiger partial charge >= 0.3 is 0 Å². The number of carbonyl (C=O) groups excluding carboxylic acids is 3. The third-order valence-corrected chi connectivity index (χ3v) is 4.57. The van der Waals surface area contributed by atoms with Gasteiger partial charge in [0.25, 0.3) is 5.91 Å². The van der Waals surface area contributed by atoms with Crippen LogP contribution in [0.2, 0.25) is 0 Å². The number of halogens is 1. The average molecular weight is 439 g/mol. The van der Waals surface area contributed by atoms with Crippen molar-refractivity contribution in [3.05, 3.63) is 65.3 Å². The second-order valence-corrected chi connectivity index (χ2v) is 7.04. The fraction of sp³-hybridized carbons (Fsp3) is 0.227. The zero-order chi connectivity index (χ0) is 23.1. The maximum absolute atomic E-state index is 13.7. The molecule has 0 aliphatic carbocycles. The molecule has 0 atom stereocenters. The van der Waals surface area contributed by atoms with E-state index in [0.717, 1.165) is 0 Å². The van der Waals surface area contributed by atoms with E-state index in [9.17, 15) is 18.8 Å². The number of carbonyl (C=O) groups is 3. The third-order valence-electron chi connectivity index (χ3n) is 4.57. The number of nitrogens with two attached hydrogens (primary N) is 1. The molecule has 0 aliphatic rings. The molecular formula is C22H22FN5O4. The van der Waals surface area contributed by atoms with Crippen LogP contribution in [0.3, 0.4) is 0 Å². The van der Waals surface area contributed by atoms with Crippen LogP contribution in [0.25, 0.3) is 11.4 Å². The van der Waals surface area contributed by atoms with Crippen LogP contribution >= 0.6 is 0 Å². The van der Waals surface area contributed by atoms with Gasteiger partial charge in [0.1, 0.15) is 5.82 Å². The molecule has 32 heavy (non-hydrogen) atoms. The van der Waals surface area contributed by atoms with Gasteiger partial charge in [0.15, 0.2) is 0 Å². The first-order chi connectivity index (χ1) is 15.3. The third kappa shape index (κ3) is 5.97. The molecular weight excluding hydrogens is 417 g/mol. The predicted molar refractivity (Wildman–Crippen MR) is 114 cm³/mol. The largest absolute Gasteiger partial charge is 0.370 e. The minimum Gasteiger partial charge on any atom is -0.370 e. The Balaban J connectivity index is 1.58. The van der Waals surface area contributed by atoms with E-state index in [-0.39, 0.29) is 54.8 Å². The van der Waals surface area contributed by atoms with Crippen LogP contribution < -0.4 is 16.4 Å². The molecule has 3 rings (SSSR count). The van der Waals surface area contributed by atoms with Gasteiger partial charge in [-0.3, -0.25) is 14.4 Å². The number of benzene rings is 2. The van der Waals surface area contributed by atoms with E-state index in [1.54, 1.807) is 43.3 Å². The smallest absolute Gasteiger partial charge is 0.253 e. The van der Waals surface area contributed by atoms with E-state index in [4.69, 9.17) is 10.3 Å². The first-order valence-corrected chi connectivity index (χ1v) is 9.88. The van der Waals surface area contributed by atoms with Gasteiger partial charge in [-0.25, -0.2) is 4.39 Å². The molecule has 0 unspecified atom stereocenters. The van der Waals surface area contributed by atoms with Crippen LogP contribution in [0.4, 0.5) is 10.1 Å². The first kappa shape index (κ1) is 22.6. The minimum atomic E-state index is -0.524. The Hall–Kier alpha value is -4.08.